The first-order valence-corrected chi connectivity index (χ1v) is 25.6. The Morgan fingerprint density at radius 1 is 0.283 bits per heavy atom. The van der Waals surface area contributed by atoms with Gasteiger partial charge >= 0.3 is 33.0 Å². The molecular weight excluding hydrogens is 754 g/mol. The van der Waals surface area contributed by atoms with Gasteiger partial charge in [-0.05, 0) is 101 Å². The van der Waals surface area contributed by atoms with E-state index in [2.05, 4.69) is 0 Å². The third kappa shape index (κ3) is 52.6. The number of rotatable bonds is 24. The largest absolute Gasteiger partial charge is 2.00 e. The average molecular weight is 826 g/mol. The standard InChI is InChI=1S/4C8H19O2P.2Ni/c4*1-3-5-7-11(9,10)8-6-4-2;;/h4*3-8H2,1-2H3,(H,9,10);;/q;;;;2*+2/p-4. The van der Waals surface area contributed by atoms with Crippen LogP contribution >= 0.6 is 29.5 Å². The number of hydrogen-bond donors (Lipinski definition) is 0. The van der Waals surface area contributed by atoms with E-state index in [0.717, 1.165) is 103 Å². The van der Waals surface area contributed by atoms with Gasteiger partial charge < -0.3 is 37.8 Å². The zero-order valence-corrected chi connectivity index (χ0v) is 36.2. The molecule has 8 nitrogen and oxygen atoms in total. The van der Waals surface area contributed by atoms with E-state index in [1.54, 1.807) is 0 Å². The second-order valence-corrected chi connectivity index (χ2v) is 22.0. The third-order valence-electron chi connectivity index (χ3n) is 6.82. The first kappa shape index (κ1) is 59.9. The van der Waals surface area contributed by atoms with Crippen LogP contribution in [0.1, 0.15) is 158 Å². The van der Waals surface area contributed by atoms with E-state index in [-0.39, 0.29) is 33.0 Å². The van der Waals surface area contributed by atoms with Crippen molar-refractivity contribution in [3.8, 4) is 0 Å². The van der Waals surface area contributed by atoms with Crippen LogP contribution in [0.3, 0.4) is 0 Å². The molecule has 0 amide bonds. The summed E-state index contributed by atoms with van der Waals surface area (Å²) in [5, 5.41) is 0. The van der Waals surface area contributed by atoms with E-state index < -0.39 is 29.5 Å². The van der Waals surface area contributed by atoms with Gasteiger partial charge in [0.15, 0.2) is 0 Å². The summed E-state index contributed by atoms with van der Waals surface area (Å²) in [6.45, 7) is 16.1. The smallest absolute Gasteiger partial charge is 0.799 e. The molecule has 0 aliphatic heterocycles. The molecule has 0 aromatic carbocycles. The van der Waals surface area contributed by atoms with Crippen LogP contribution < -0.4 is 19.6 Å². The fourth-order valence-corrected chi connectivity index (χ4v) is 10.9. The van der Waals surface area contributed by atoms with Gasteiger partial charge in [-0.3, -0.25) is 0 Å². The van der Waals surface area contributed by atoms with Crippen LogP contribution in [0, 0.1) is 0 Å². The molecule has 0 aliphatic rings. The summed E-state index contributed by atoms with van der Waals surface area (Å²) in [6.07, 6.45) is 17.6. The molecule has 0 bridgehead atoms. The molecule has 0 aromatic heterocycles. The molecule has 0 saturated heterocycles. The Labute approximate surface area is 306 Å². The van der Waals surface area contributed by atoms with Gasteiger partial charge in [0, 0.05) is 29.5 Å². The van der Waals surface area contributed by atoms with Crippen LogP contribution in [0.25, 0.3) is 0 Å². The van der Waals surface area contributed by atoms with Crippen molar-refractivity contribution < 1.29 is 70.8 Å². The molecule has 0 saturated carbocycles. The Morgan fingerprint density at radius 2 is 0.370 bits per heavy atom. The predicted octanol–water partition coefficient (Wildman–Crippen LogP) is 8.90. The summed E-state index contributed by atoms with van der Waals surface area (Å²) in [5.74, 6) is 0. The number of hydrogen-bond acceptors (Lipinski definition) is 8. The molecule has 288 valence electrons. The second kappa shape index (κ2) is 39.5. The van der Waals surface area contributed by atoms with Gasteiger partial charge in [0.2, 0.25) is 0 Å². The Bertz CT molecular complexity index is 628. The van der Waals surface area contributed by atoms with Crippen molar-refractivity contribution in [3.05, 3.63) is 0 Å². The Hall–Kier alpha value is 1.75. The van der Waals surface area contributed by atoms with Crippen molar-refractivity contribution in [2.45, 2.75) is 158 Å². The van der Waals surface area contributed by atoms with Crippen molar-refractivity contribution >= 4 is 29.5 Å². The van der Waals surface area contributed by atoms with Crippen LogP contribution in [-0.2, 0) is 51.2 Å². The minimum atomic E-state index is -2.98. The van der Waals surface area contributed by atoms with Crippen LogP contribution in [0.2, 0.25) is 0 Å². The van der Waals surface area contributed by atoms with Crippen LogP contribution in [0.5, 0.6) is 0 Å². The van der Waals surface area contributed by atoms with Crippen molar-refractivity contribution in [1.29, 1.82) is 0 Å². The minimum Gasteiger partial charge on any atom is -0.799 e. The van der Waals surface area contributed by atoms with Gasteiger partial charge in [0.1, 0.15) is 0 Å². The average Bonchev–Trinajstić information content (AvgIpc) is 2.98. The molecule has 46 heavy (non-hydrogen) atoms. The fraction of sp³-hybridized carbons (Fsp3) is 1.00. The maximum Gasteiger partial charge on any atom is 2.00 e. The molecule has 14 heteroatoms. The molecule has 0 heterocycles. The van der Waals surface area contributed by atoms with E-state index in [1.807, 2.05) is 55.4 Å². The van der Waals surface area contributed by atoms with Gasteiger partial charge in [0.25, 0.3) is 0 Å². The molecule has 0 N–H and O–H groups in total. The zero-order valence-electron chi connectivity index (χ0n) is 30.7. The normalized spacial score (nSPS) is 11.4. The molecule has 0 fully saturated rings. The Kier molecular flexibility index (Phi) is 51.5. The van der Waals surface area contributed by atoms with Crippen LogP contribution in [0.4, 0.5) is 0 Å². The maximum absolute atomic E-state index is 11.2. The summed E-state index contributed by atoms with van der Waals surface area (Å²) in [4.78, 5) is 44.7. The molecular formula is C32H72Ni2O8P4. The summed E-state index contributed by atoms with van der Waals surface area (Å²) >= 11 is 0. The molecule has 0 spiro atoms. The summed E-state index contributed by atoms with van der Waals surface area (Å²) in [7, 11) is -11.9. The van der Waals surface area contributed by atoms with Gasteiger partial charge in [0.05, 0.1) is 0 Å². The molecule has 0 unspecified atom stereocenters. The molecule has 0 rings (SSSR count). The van der Waals surface area contributed by atoms with E-state index >= 15 is 0 Å². The van der Waals surface area contributed by atoms with E-state index in [0.29, 0.717) is 49.3 Å². The van der Waals surface area contributed by atoms with Gasteiger partial charge in [-0.1, -0.05) is 107 Å². The van der Waals surface area contributed by atoms with Gasteiger partial charge in [-0.15, -0.1) is 0 Å². The van der Waals surface area contributed by atoms with Crippen molar-refractivity contribution in [3.63, 3.8) is 0 Å². The maximum atomic E-state index is 11.2. The minimum absolute atomic E-state index is 0. The van der Waals surface area contributed by atoms with Crippen molar-refractivity contribution in [2.24, 2.45) is 0 Å². The topological polar surface area (TPSA) is 161 Å². The summed E-state index contributed by atoms with van der Waals surface area (Å²) in [6, 6.07) is 0. The number of unbranched alkanes of at least 4 members (excludes halogenated alkanes) is 8. The Morgan fingerprint density at radius 3 is 0.435 bits per heavy atom. The first-order chi connectivity index (χ1) is 20.5. The summed E-state index contributed by atoms with van der Waals surface area (Å²) in [5.41, 5.74) is 0. The summed E-state index contributed by atoms with van der Waals surface area (Å²) < 4.78 is 44.7. The first-order valence-electron chi connectivity index (χ1n) is 17.6. The van der Waals surface area contributed by atoms with Crippen molar-refractivity contribution in [1.82, 2.24) is 0 Å². The van der Waals surface area contributed by atoms with E-state index in [1.165, 1.54) is 0 Å². The van der Waals surface area contributed by atoms with E-state index in [9.17, 15) is 37.8 Å². The second-order valence-electron chi connectivity index (χ2n) is 11.9. The van der Waals surface area contributed by atoms with E-state index in [4.69, 9.17) is 0 Å². The third-order valence-corrected chi connectivity index (χ3v) is 14.8. The molecule has 0 aliphatic carbocycles. The Balaban J connectivity index is -0.000000114. The predicted molar refractivity (Wildman–Crippen MR) is 189 cm³/mol. The fourth-order valence-electron chi connectivity index (χ4n) is 3.64. The van der Waals surface area contributed by atoms with Crippen LogP contribution in [0.15, 0.2) is 0 Å². The zero-order chi connectivity index (χ0) is 35.0. The molecule has 0 aromatic rings. The monoisotopic (exact) mass is 824 g/mol. The van der Waals surface area contributed by atoms with Crippen molar-refractivity contribution in [2.75, 3.05) is 49.3 Å². The van der Waals surface area contributed by atoms with Gasteiger partial charge in [-0.2, -0.15) is 0 Å². The molecule has 0 atom stereocenters. The quantitative estimate of drug-likeness (QED) is 0.0689. The van der Waals surface area contributed by atoms with Gasteiger partial charge in [-0.25, -0.2) is 0 Å². The SMILES string of the molecule is CCCCP(=O)([O-])CCCC.CCCCP(=O)([O-])CCCC.CCCCP(=O)([O-])CCCC.CCCCP(=O)([O-])CCCC.[Ni+2].[Ni+2]. The molecule has 0 radical (unpaired) electrons. The van der Waals surface area contributed by atoms with Crippen LogP contribution in [-0.4, -0.2) is 49.3 Å².